The van der Waals surface area contributed by atoms with Crippen LogP contribution in [0.15, 0.2) is 36.7 Å². The van der Waals surface area contributed by atoms with Crippen LogP contribution in [0.4, 0.5) is 10.1 Å². The average molecular weight is 281 g/mol. The third kappa shape index (κ3) is 3.43. The van der Waals surface area contributed by atoms with Crippen molar-refractivity contribution in [2.24, 2.45) is 0 Å². The molecule has 0 radical (unpaired) electrons. The molecule has 19 heavy (non-hydrogen) atoms. The van der Waals surface area contributed by atoms with Gasteiger partial charge in [-0.1, -0.05) is 17.7 Å². The lowest BCUT2D eigenvalue weighted by molar-refractivity contribution is 0.282. The largest absolute Gasteiger partial charge is 0.392 e. The van der Waals surface area contributed by atoms with E-state index in [1.807, 2.05) is 6.92 Å². The van der Waals surface area contributed by atoms with E-state index in [2.05, 4.69) is 10.3 Å². The molecule has 0 fully saturated rings. The van der Waals surface area contributed by atoms with Gasteiger partial charge in [-0.3, -0.25) is 4.98 Å². The molecule has 1 aromatic carbocycles. The van der Waals surface area contributed by atoms with Gasteiger partial charge in [-0.05, 0) is 36.2 Å². The summed E-state index contributed by atoms with van der Waals surface area (Å²) in [5, 5.41) is 12.8. The fourth-order valence-corrected chi connectivity index (χ4v) is 1.94. The highest BCUT2D eigenvalue weighted by atomic mass is 35.5. The van der Waals surface area contributed by atoms with Gasteiger partial charge in [0.1, 0.15) is 5.82 Å². The second-order valence-electron chi connectivity index (χ2n) is 4.27. The first-order chi connectivity index (χ1) is 9.10. The molecule has 0 spiro atoms. The molecular weight excluding hydrogens is 267 g/mol. The summed E-state index contributed by atoms with van der Waals surface area (Å²) < 4.78 is 13.1. The number of halogens is 2. The predicted octanol–water partition coefficient (Wildman–Crippen LogP) is 3.54. The van der Waals surface area contributed by atoms with Crippen molar-refractivity contribution in [3.8, 4) is 0 Å². The van der Waals surface area contributed by atoms with Crippen LogP contribution in [-0.4, -0.2) is 10.1 Å². The summed E-state index contributed by atoms with van der Waals surface area (Å²) in [6.45, 7) is 1.83. The van der Waals surface area contributed by atoms with Gasteiger partial charge in [-0.2, -0.15) is 0 Å². The standard InChI is InChI=1S/C14H14ClFN2O/c1-9(11-5-12(16)7-17-6-11)18-14-4-10(8-19)2-3-13(14)15/h2-7,9,18-19H,8H2,1H3. The number of rotatable bonds is 4. The van der Waals surface area contributed by atoms with Crippen LogP contribution in [-0.2, 0) is 6.61 Å². The number of aliphatic hydroxyl groups excluding tert-OH is 1. The third-order valence-electron chi connectivity index (χ3n) is 2.81. The van der Waals surface area contributed by atoms with Crippen molar-refractivity contribution >= 4 is 17.3 Å². The Balaban J connectivity index is 2.21. The Hall–Kier alpha value is -1.65. The maximum Gasteiger partial charge on any atom is 0.141 e. The number of aliphatic hydroxyl groups is 1. The van der Waals surface area contributed by atoms with E-state index >= 15 is 0 Å². The van der Waals surface area contributed by atoms with E-state index in [1.54, 1.807) is 24.4 Å². The molecule has 0 saturated carbocycles. The molecule has 2 rings (SSSR count). The highest BCUT2D eigenvalue weighted by molar-refractivity contribution is 6.33. The summed E-state index contributed by atoms with van der Waals surface area (Å²) in [6.07, 6.45) is 2.76. The van der Waals surface area contributed by atoms with Crippen molar-refractivity contribution in [3.05, 3.63) is 58.6 Å². The molecule has 2 N–H and O–H groups in total. The maximum absolute atomic E-state index is 13.1. The van der Waals surface area contributed by atoms with Gasteiger partial charge in [0.05, 0.1) is 29.6 Å². The lowest BCUT2D eigenvalue weighted by Gasteiger charge is -2.17. The molecule has 0 saturated heterocycles. The monoisotopic (exact) mass is 280 g/mol. The smallest absolute Gasteiger partial charge is 0.141 e. The molecule has 1 atom stereocenters. The summed E-state index contributed by atoms with van der Waals surface area (Å²) in [7, 11) is 0. The van der Waals surface area contributed by atoms with Crippen molar-refractivity contribution in [1.82, 2.24) is 4.98 Å². The highest BCUT2D eigenvalue weighted by Gasteiger charge is 2.09. The molecule has 3 nitrogen and oxygen atoms in total. The molecular formula is C14H14ClFN2O. The van der Waals surface area contributed by atoms with Crippen LogP contribution in [0.3, 0.4) is 0 Å². The van der Waals surface area contributed by atoms with Crippen molar-refractivity contribution in [2.45, 2.75) is 19.6 Å². The number of nitrogens with one attached hydrogen (secondary N) is 1. The Morgan fingerprint density at radius 1 is 1.37 bits per heavy atom. The minimum atomic E-state index is -0.374. The van der Waals surface area contributed by atoms with Crippen LogP contribution in [0.5, 0.6) is 0 Å². The molecule has 1 unspecified atom stereocenters. The summed E-state index contributed by atoms with van der Waals surface area (Å²) in [4.78, 5) is 3.82. The lowest BCUT2D eigenvalue weighted by Crippen LogP contribution is -2.08. The zero-order valence-electron chi connectivity index (χ0n) is 10.4. The predicted molar refractivity (Wildman–Crippen MR) is 73.6 cm³/mol. The van der Waals surface area contributed by atoms with Crippen LogP contribution in [0, 0.1) is 5.82 Å². The molecule has 0 bridgehead atoms. The molecule has 5 heteroatoms. The van der Waals surface area contributed by atoms with E-state index in [4.69, 9.17) is 16.7 Å². The zero-order chi connectivity index (χ0) is 13.8. The fraction of sp³-hybridized carbons (Fsp3) is 0.214. The Morgan fingerprint density at radius 3 is 2.84 bits per heavy atom. The number of hydrogen-bond donors (Lipinski definition) is 2. The number of pyridine rings is 1. The first-order valence-electron chi connectivity index (χ1n) is 5.86. The maximum atomic E-state index is 13.1. The van der Waals surface area contributed by atoms with Gasteiger partial charge in [0.25, 0.3) is 0 Å². The van der Waals surface area contributed by atoms with Crippen molar-refractivity contribution in [1.29, 1.82) is 0 Å². The van der Waals surface area contributed by atoms with E-state index in [0.29, 0.717) is 10.7 Å². The van der Waals surface area contributed by atoms with Gasteiger partial charge in [-0.25, -0.2) is 4.39 Å². The van der Waals surface area contributed by atoms with Crippen LogP contribution < -0.4 is 5.32 Å². The molecule has 0 amide bonds. The highest BCUT2D eigenvalue weighted by Crippen LogP contribution is 2.27. The second kappa shape index (κ2) is 5.99. The second-order valence-corrected chi connectivity index (χ2v) is 4.68. The zero-order valence-corrected chi connectivity index (χ0v) is 11.2. The van der Waals surface area contributed by atoms with Crippen LogP contribution in [0.1, 0.15) is 24.1 Å². The van der Waals surface area contributed by atoms with Gasteiger partial charge in [0.2, 0.25) is 0 Å². The topological polar surface area (TPSA) is 45.1 Å². The molecule has 0 aliphatic rings. The SMILES string of the molecule is CC(Nc1cc(CO)ccc1Cl)c1cncc(F)c1. The number of aromatic nitrogens is 1. The minimum absolute atomic E-state index is 0.0538. The van der Waals surface area contributed by atoms with Crippen LogP contribution in [0.25, 0.3) is 0 Å². The van der Waals surface area contributed by atoms with E-state index in [0.717, 1.165) is 17.3 Å². The Bertz CT molecular complexity index is 577. The average Bonchev–Trinajstić information content (AvgIpc) is 2.41. The first kappa shape index (κ1) is 13.8. The van der Waals surface area contributed by atoms with Gasteiger partial charge in [0, 0.05) is 6.20 Å². The molecule has 100 valence electrons. The lowest BCUT2D eigenvalue weighted by atomic mass is 10.1. The van der Waals surface area contributed by atoms with Gasteiger partial charge >= 0.3 is 0 Å². The van der Waals surface area contributed by atoms with Crippen molar-refractivity contribution in [2.75, 3.05) is 5.32 Å². The normalized spacial score (nSPS) is 12.2. The van der Waals surface area contributed by atoms with Gasteiger partial charge < -0.3 is 10.4 Å². The summed E-state index contributed by atoms with van der Waals surface area (Å²) in [5.41, 5.74) is 2.19. The van der Waals surface area contributed by atoms with Crippen molar-refractivity contribution in [3.63, 3.8) is 0 Å². The van der Waals surface area contributed by atoms with E-state index in [1.165, 1.54) is 6.07 Å². The molecule has 0 aliphatic carbocycles. The van der Waals surface area contributed by atoms with E-state index in [9.17, 15) is 4.39 Å². The van der Waals surface area contributed by atoms with E-state index < -0.39 is 0 Å². The molecule has 0 aliphatic heterocycles. The number of hydrogen-bond acceptors (Lipinski definition) is 3. The van der Waals surface area contributed by atoms with Crippen molar-refractivity contribution < 1.29 is 9.50 Å². The van der Waals surface area contributed by atoms with Gasteiger partial charge in [0.15, 0.2) is 0 Å². The quantitative estimate of drug-likeness (QED) is 0.900. The minimum Gasteiger partial charge on any atom is -0.392 e. The summed E-state index contributed by atoms with van der Waals surface area (Å²) in [5.74, 6) is -0.374. The fourth-order valence-electron chi connectivity index (χ4n) is 1.76. The van der Waals surface area contributed by atoms with Gasteiger partial charge in [-0.15, -0.1) is 0 Å². The Labute approximate surface area is 116 Å². The Morgan fingerprint density at radius 2 is 2.16 bits per heavy atom. The van der Waals surface area contributed by atoms with Crippen LogP contribution in [0.2, 0.25) is 5.02 Å². The number of nitrogens with zero attached hydrogens (tertiary/aromatic N) is 1. The summed E-state index contributed by atoms with van der Waals surface area (Å²) >= 11 is 6.08. The Kier molecular flexibility index (Phi) is 4.35. The summed E-state index contributed by atoms with van der Waals surface area (Å²) in [6, 6.07) is 6.52. The third-order valence-corrected chi connectivity index (χ3v) is 3.14. The molecule has 1 heterocycles. The number of benzene rings is 1. The first-order valence-corrected chi connectivity index (χ1v) is 6.24. The van der Waals surface area contributed by atoms with E-state index in [-0.39, 0.29) is 18.5 Å². The molecule has 1 aromatic heterocycles. The molecule has 2 aromatic rings. The number of anilines is 1. The van der Waals surface area contributed by atoms with Crippen LogP contribution >= 0.6 is 11.6 Å².